The van der Waals surface area contributed by atoms with Crippen molar-refractivity contribution in [2.24, 2.45) is 0 Å². The predicted molar refractivity (Wildman–Crippen MR) is 106 cm³/mol. The molecule has 1 aromatic heterocycles. The molecule has 0 radical (unpaired) electrons. The summed E-state index contributed by atoms with van der Waals surface area (Å²) in [7, 11) is 0. The van der Waals surface area contributed by atoms with Crippen molar-refractivity contribution in [2.75, 3.05) is 6.61 Å². The lowest BCUT2D eigenvalue weighted by atomic mass is 10.2. The summed E-state index contributed by atoms with van der Waals surface area (Å²) >= 11 is 1.55. The minimum absolute atomic E-state index is 0.0214. The van der Waals surface area contributed by atoms with Gasteiger partial charge in [0.2, 0.25) is 0 Å². The second kappa shape index (κ2) is 9.79. The topological polar surface area (TPSA) is 77.5 Å². The number of benzene rings is 2. The van der Waals surface area contributed by atoms with E-state index in [2.05, 4.69) is 10.3 Å². The van der Waals surface area contributed by atoms with Gasteiger partial charge in [-0.1, -0.05) is 18.2 Å². The molecule has 3 rings (SSSR count). The number of nitrogens with zero attached hydrogens (tertiary/aromatic N) is 1. The lowest BCUT2D eigenvalue weighted by molar-refractivity contribution is -0.124. The maximum absolute atomic E-state index is 13.5. The summed E-state index contributed by atoms with van der Waals surface area (Å²) in [6.45, 7) is 1.84. The lowest BCUT2D eigenvalue weighted by Gasteiger charge is -2.08. The fourth-order valence-corrected chi connectivity index (χ4v) is 3.02. The fourth-order valence-electron chi connectivity index (χ4n) is 2.42. The summed E-state index contributed by atoms with van der Waals surface area (Å²) < 4.78 is 24.1. The Morgan fingerprint density at radius 2 is 1.90 bits per heavy atom. The van der Waals surface area contributed by atoms with Crippen molar-refractivity contribution in [3.8, 4) is 5.75 Å². The van der Waals surface area contributed by atoms with Gasteiger partial charge in [0.25, 0.3) is 5.91 Å². The second-order valence-corrected chi connectivity index (χ2v) is 7.18. The molecule has 1 N–H and O–H groups in total. The molecule has 0 atom stereocenters. The standard InChI is InChI=1S/C21H19FN2O4S/c1-14-24-17(13-29-14)11-27-18-8-6-15(7-9-18)21(26)28-12-20(25)23-10-16-4-2-3-5-19(16)22/h2-9,13H,10-12H2,1H3,(H,23,25). The number of carbonyl (C=O) groups excluding carboxylic acids is 2. The van der Waals surface area contributed by atoms with E-state index in [9.17, 15) is 14.0 Å². The van der Waals surface area contributed by atoms with Crippen LogP contribution in [-0.4, -0.2) is 23.5 Å². The smallest absolute Gasteiger partial charge is 0.338 e. The Bertz CT molecular complexity index is 988. The number of esters is 1. The van der Waals surface area contributed by atoms with Crippen LogP contribution in [-0.2, 0) is 22.7 Å². The molecular formula is C21H19FN2O4S. The van der Waals surface area contributed by atoms with Crippen molar-refractivity contribution in [3.05, 3.63) is 81.6 Å². The second-order valence-electron chi connectivity index (χ2n) is 6.12. The highest BCUT2D eigenvalue weighted by molar-refractivity contribution is 7.09. The fraction of sp³-hybridized carbons (Fsp3) is 0.190. The van der Waals surface area contributed by atoms with E-state index in [1.165, 1.54) is 6.07 Å². The Hall–Kier alpha value is -3.26. The van der Waals surface area contributed by atoms with Crippen LogP contribution in [0, 0.1) is 12.7 Å². The van der Waals surface area contributed by atoms with Gasteiger partial charge in [-0.3, -0.25) is 4.79 Å². The van der Waals surface area contributed by atoms with Crippen LogP contribution in [0.4, 0.5) is 4.39 Å². The van der Waals surface area contributed by atoms with Crippen molar-refractivity contribution < 1.29 is 23.5 Å². The Labute approximate surface area is 171 Å². The van der Waals surface area contributed by atoms with Gasteiger partial charge in [-0.05, 0) is 37.3 Å². The normalized spacial score (nSPS) is 10.4. The molecule has 0 aliphatic heterocycles. The molecule has 2 aromatic carbocycles. The molecule has 0 unspecified atom stereocenters. The number of rotatable bonds is 8. The number of halogens is 1. The summed E-state index contributed by atoms with van der Waals surface area (Å²) in [6, 6.07) is 12.5. The monoisotopic (exact) mass is 414 g/mol. The number of nitrogens with one attached hydrogen (secondary N) is 1. The Kier molecular flexibility index (Phi) is 6.91. The van der Waals surface area contributed by atoms with Crippen molar-refractivity contribution in [1.29, 1.82) is 0 Å². The Morgan fingerprint density at radius 1 is 1.14 bits per heavy atom. The van der Waals surface area contributed by atoms with Crippen LogP contribution in [0.3, 0.4) is 0 Å². The van der Waals surface area contributed by atoms with Crippen molar-refractivity contribution >= 4 is 23.2 Å². The van der Waals surface area contributed by atoms with Crippen molar-refractivity contribution in [2.45, 2.75) is 20.1 Å². The molecule has 0 bridgehead atoms. The number of thiazole rings is 1. The van der Waals surface area contributed by atoms with E-state index in [-0.39, 0.29) is 6.54 Å². The average molecular weight is 414 g/mol. The van der Waals surface area contributed by atoms with Crippen LogP contribution in [0.15, 0.2) is 53.9 Å². The molecule has 0 aliphatic rings. The SMILES string of the molecule is Cc1nc(COc2ccc(C(=O)OCC(=O)NCc3ccccc3F)cc2)cs1. The van der Waals surface area contributed by atoms with Gasteiger partial charge in [0, 0.05) is 17.5 Å². The van der Waals surface area contributed by atoms with Gasteiger partial charge >= 0.3 is 5.97 Å². The molecule has 3 aromatic rings. The van der Waals surface area contributed by atoms with E-state index in [1.807, 2.05) is 12.3 Å². The number of ether oxygens (including phenoxy) is 2. The number of amides is 1. The largest absolute Gasteiger partial charge is 0.487 e. The molecular weight excluding hydrogens is 395 g/mol. The Morgan fingerprint density at radius 3 is 2.59 bits per heavy atom. The highest BCUT2D eigenvalue weighted by atomic mass is 32.1. The van der Waals surface area contributed by atoms with Crippen LogP contribution in [0.25, 0.3) is 0 Å². The molecule has 0 saturated heterocycles. The molecule has 1 heterocycles. The molecule has 0 aliphatic carbocycles. The quantitative estimate of drug-likeness (QED) is 0.570. The molecule has 0 saturated carbocycles. The summed E-state index contributed by atoms with van der Waals surface area (Å²) in [5.41, 5.74) is 1.50. The zero-order valence-electron chi connectivity index (χ0n) is 15.7. The zero-order chi connectivity index (χ0) is 20.6. The van der Waals surface area contributed by atoms with E-state index in [4.69, 9.17) is 9.47 Å². The minimum Gasteiger partial charge on any atom is -0.487 e. The maximum atomic E-state index is 13.5. The van der Waals surface area contributed by atoms with E-state index >= 15 is 0 Å². The van der Waals surface area contributed by atoms with Gasteiger partial charge in [0.1, 0.15) is 18.2 Å². The van der Waals surface area contributed by atoms with Crippen LogP contribution in [0.2, 0.25) is 0 Å². The van der Waals surface area contributed by atoms with Gasteiger partial charge in [-0.2, -0.15) is 0 Å². The van der Waals surface area contributed by atoms with Crippen LogP contribution in [0.1, 0.15) is 26.6 Å². The van der Waals surface area contributed by atoms with Gasteiger partial charge in [-0.25, -0.2) is 14.2 Å². The number of hydrogen-bond donors (Lipinski definition) is 1. The first-order chi connectivity index (χ1) is 14.0. The van der Waals surface area contributed by atoms with Crippen molar-refractivity contribution in [1.82, 2.24) is 10.3 Å². The summed E-state index contributed by atoms with van der Waals surface area (Å²) in [6.07, 6.45) is 0. The number of carbonyl (C=O) groups is 2. The molecule has 0 spiro atoms. The molecule has 0 fully saturated rings. The van der Waals surface area contributed by atoms with Gasteiger partial charge in [0.15, 0.2) is 6.61 Å². The third kappa shape index (κ3) is 6.11. The lowest BCUT2D eigenvalue weighted by Crippen LogP contribution is -2.28. The highest BCUT2D eigenvalue weighted by Gasteiger charge is 2.11. The average Bonchev–Trinajstić information content (AvgIpc) is 3.15. The molecule has 6 nitrogen and oxygen atoms in total. The first-order valence-corrected chi connectivity index (χ1v) is 9.70. The van der Waals surface area contributed by atoms with E-state index in [1.54, 1.807) is 53.8 Å². The molecule has 1 amide bonds. The summed E-state index contributed by atoms with van der Waals surface area (Å²) in [5, 5.41) is 5.41. The highest BCUT2D eigenvalue weighted by Crippen LogP contribution is 2.16. The first kappa shape index (κ1) is 20.5. The molecule has 8 heteroatoms. The van der Waals surface area contributed by atoms with Crippen molar-refractivity contribution in [3.63, 3.8) is 0 Å². The van der Waals surface area contributed by atoms with Gasteiger partial charge in [0.05, 0.1) is 16.3 Å². The zero-order valence-corrected chi connectivity index (χ0v) is 16.5. The number of aromatic nitrogens is 1. The molecule has 29 heavy (non-hydrogen) atoms. The number of aryl methyl sites for hydroxylation is 1. The van der Waals surface area contributed by atoms with Crippen LogP contribution < -0.4 is 10.1 Å². The summed E-state index contributed by atoms with van der Waals surface area (Å²) in [4.78, 5) is 28.2. The van der Waals surface area contributed by atoms with E-state index in [0.717, 1.165) is 10.7 Å². The van der Waals surface area contributed by atoms with Gasteiger partial charge < -0.3 is 14.8 Å². The Balaban J connectivity index is 1.42. The molecule has 150 valence electrons. The summed E-state index contributed by atoms with van der Waals surface area (Å²) in [5.74, 6) is -0.959. The number of hydrogen-bond acceptors (Lipinski definition) is 6. The van der Waals surface area contributed by atoms with E-state index < -0.39 is 24.3 Å². The first-order valence-electron chi connectivity index (χ1n) is 8.82. The van der Waals surface area contributed by atoms with E-state index in [0.29, 0.717) is 23.5 Å². The maximum Gasteiger partial charge on any atom is 0.338 e. The van der Waals surface area contributed by atoms with Crippen LogP contribution in [0.5, 0.6) is 5.75 Å². The minimum atomic E-state index is -0.632. The third-order valence-corrected chi connectivity index (χ3v) is 4.73. The predicted octanol–water partition coefficient (Wildman–Crippen LogP) is 3.64. The van der Waals surface area contributed by atoms with Crippen LogP contribution >= 0.6 is 11.3 Å². The third-order valence-electron chi connectivity index (χ3n) is 3.91. The van der Waals surface area contributed by atoms with Gasteiger partial charge in [-0.15, -0.1) is 11.3 Å².